The molecular formula is C23H33Br2IN2O2. The van der Waals surface area contributed by atoms with E-state index in [9.17, 15) is 0 Å². The number of hydrogen-bond donors (Lipinski definition) is 0. The second kappa shape index (κ2) is 14.7. The van der Waals surface area contributed by atoms with Crippen molar-refractivity contribution in [3.63, 3.8) is 0 Å². The number of aryl methyl sites for hydroxylation is 1. The van der Waals surface area contributed by atoms with Gasteiger partial charge in [0.1, 0.15) is 0 Å². The van der Waals surface area contributed by atoms with Crippen LogP contribution in [0.15, 0.2) is 42.5 Å². The molecule has 1 aliphatic heterocycles. The predicted molar refractivity (Wildman–Crippen MR) is 144 cm³/mol. The van der Waals surface area contributed by atoms with Gasteiger partial charge >= 0.3 is 0 Å². The molecule has 0 spiro atoms. The minimum absolute atomic E-state index is 0. The van der Waals surface area contributed by atoms with Crippen LogP contribution in [0, 0.1) is 3.57 Å². The van der Waals surface area contributed by atoms with Gasteiger partial charge < -0.3 is 19.3 Å². The maximum absolute atomic E-state index is 5.41. The van der Waals surface area contributed by atoms with E-state index in [1.54, 1.807) is 14.2 Å². The lowest BCUT2D eigenvalue weighted by atomic mass is 10.1. The first-order valence-electron chi connectivity index (χ1n) is 10.1. The van der Waals surface area contributed by atoms with Crippen molar-refractivity contribution in [1.29, 1.82) is 0 Å². The number of halogens is 3. The summed E-state index contributed by atoms with van der Waals surface area (Å²) in [6.45, 7) is 6.99. The van der Waals surface area contributed by atoms with Crippen LogP contribution in [0.1, 0.15) is 17.5 Å². The van der Waals surface area contributed by atoms with Gasteiger partial charge in [0.25, 0.3) is 0 Å². The highest BCUT2D eigenvalue weighted by Crippen LogP contribution is 2.27. The van der Waals surface area contributed by atoms with Gasteiger partial charge in [0.05, 0.1) is 14.2 Å². The highest BCUT2D eigenvalue weighted by molar-refractivity contribution is 14.1. The van der Waals surface area contributed by atoms with Gasteiger partial charge in [-0.25, -0.2) is 0 Å². The Morgan fingerprint density at radius 3 is 1.90 bits per heavy atom. The van der Waals surface area contributed by atoms with E-state index in [0.717, 1.165) is 37.6 Å². The molecule has 30 heavy (non-hydrogen) atoms. The normalized spacial score (nSPS) is 14.5. The molecule has 1 heterocycles. The second-order valence-electron chi connectivity index (χ2n) is 7.35. The van der Waals surface area contributed by atoms with Crippen molar-refractivity contribution in [2.24, 2.45) is 0 Å². The van der Waals surface area contributed by atoms with Crippen LogP contribution in [-0.4, -0.2) is 63.3 Å². The number of ether oxygens (including phenoxy) is 2. The summed E-state index contributed by atoms with van der Waals surface area (Å²) in [5.74, 6) is 1.61. The van der Waals surface area contributed by atoms with Crippen molar-refractivity contribution in [1.82, 2.24) is 9.80 Å². The Labute approximate surface area is 216 Å². The zero-order chi connectivity index (χ0) is 19.8. The lowest BCUT2D eigenvalue weighted by Gasteiger charge is -2.34. The van der Waals surface area contributed by atoms with Gasteiger partial charge in [-0.2, -0.15) is 0 Å². The Hall–Kier alpha value is -0.350. The van der Waals surface area contributed by atoms with E-state index < -0.39 is 0 Å². The zero-order valence-corrected chi connectivity index (χ0v) is 23.4. The van der Waals surface area contributed by atoms with Gasteiger partial charge in [-0.3, -0.25) is 0 Å². The van der Waals surface area contributed by atoms with E-state index in [1.165, 1.54) is 47.2 Å². The molecule has 0 bridgehead atoms. The fourth-order valence-electron chi connectivity index (χ4n) is 3.72. The Balaban J connectivity index is 0.00000225. The number of nitrogens with zero attached hydrogens (tertiary/aromatic N) is 2. The summed E-state index contributed by atoms with van der Waals surface area (Å²) in [6.07, 6.45) is 3.47. The fraction of sp³-hybridized carbons (Fsp3) is 0.478. The van der Waals surface area contributed by atoms with Crippen LogP contribution in [0.25, 0.3) is 0 Å². The first kappa shape index (κ1) is 27.7. The van der Waals surface area contributed by atoms with Gasteiger partial charge in [-0.05, 0) is 83.8 Å². The molecule has 0 saturated carbocycles. The van der Waals surface area contributed by atoms with Crippen LogP contribution >= 0.6 is 56.6 Å². The van der Waals surface area contributed by atoms with Crippen LogP contribution in [0.3, 0.4) is 0 Å². The SMILES string of the molecule is Br.Br.COc1ccc(CCN2CCN(CCCc3ccc(I)cc3)CC2)cc1OC. The van der Waals surface area contributed by atoms with Gasteiger partial charge in [0, 0.05) is 36.3 Å². The van der Waals surface area contributed by atoms with Crippen molar-refractivity contribution in [3.05, 3.63) is 57.2 Å². The third-order valence-electron chi connectivity index (χ3n) is 5.48. The zero-order valence-electron chi connectivity index (χ0n) is 17.8. The number of benzene rings is 2. The first-order valence-corrected chi connectivity index (χ1v) is 11.2. The standard InChI is InChI=1S/C23H31IN2O2.2BrH/c1-27-22-10-7-20(18-23(22)28-2)11-13-26-16-14-25(15-17-26)12-3-4-19-5-8-21(24)9-6-19;;/h5-10,18H,3-4,11-17H2,1-2H3;2*1H. The first-order chi connectivity index (χ1) is 13.7. The molecule has 168 valence electrons. The van der Waals surface area contributed by atoms with Gasteiger partial charge in [0.2, 0.25) is 0 Å². The molecule has 3 rings (SSSR count). The summed E-state index contributed by atoms with van der Waals surface area (Å²) in [4.78, 5) is 5.19. The molecule has 0 aliphatic carbocycles. The molecule has 0 atom stereocenters. The van der Waals surface area contributed by atoms with E-state index in [2.05, 4.69) is 68.8 Å². The number of methoxy groups -OCH3 is 2. The van der Waals surface area contributed by atoms with Crippen LogP contribution < -0.4 is 9.47 Å². The summed E-state index contributed by atoms with van der Waals surface area (Å²) >= 11 is 2.36. The Kier molecular flexibility index (Phi) is 13.5. The van der Waals surface area contributed by atoms with Gasteiger partial charge in [-0.1, -0.05) is 18.2 Å². The smallest absolute Gasteiger partial charge is 0.160 e. The average molecular weight is 656 g/mol. The third-order valence-corrected chi connectivity index (χ3v) is 6.20. The van der Waals surface area contributed by atoms with E-state index in [-0.39, 0.29) is 34.0 Å². The van der Waals surface area contributed by atoms with Crippen LogP contribution in [0.5, 0.6) is 11.5 Å². The van der Waals surface area contributed by atoms with E-state index in [1.807, 2.05) is 6.07 Å². The van der Waals surface area contributed by atoms with Crippen molar-refractivity contribution < 1.29 is 9.47 Å². The Bertz CT molecular complexity index is 738. The maximum atomic E-state index is 5.41. The minimum atomic E-state index is 0. The molecule has 0 radical (unpaired) electrons. The van der Waals surface area contributed by atoms with Crippen LogP contribution in [0.2, 0.25) is 0 Å². The minimum Gasteiger partial charge on any atom is -0.493 e. The monoisotopic (exact) mass is 654 g/mol. The quantitative estimate of drug-likeness (QED) is 0.345. The Morgan fingerprint density at radius 2 is 1.30 bits per heavy atom. The summed E-state index contributed by atoms with van der Waals surface area (Å²) in [7, 11) is 3.37. The van der Waals surface area contributed by atoms with E-state index in [0.29, 0.717) is 0 Å². The van der Waals surface area contributed by atoms with Crippen molar-refractivity contribution in [3.8, 4) is 11.5 Å². The molecule has 4 nitrogen and oxygen atoms in total. The van der Waals surface area contributed by atoms with Crippen molar-refractivity contribution >= 4 is 56.6 Å². The van der Waals surface area contributed by atoms with Gasteiger partial charge in [-0.15, -0.1) is 34.0 Å². The van der Waals surface area contributed by atoms with Crippen molar-refractivity contribution in [2.75, 3.05) is 53.5 Å². The predicted octanol–water partition coefficient (Wildman–Crippen LogP) is 5.26. The fourth-order valence-corrected chi connectivity index (χ4v) is 4.08. The molecule has 1 aliphatic rings. The largest absolute Gasteiger partial charge is 0.493 e. The Morgan fingerprint density at radius 1 is 0.733 bits per heavy atom. The molecule has 2 aromatic rings. The molecule has 0 amide bonds. The highest BCUT2D eigenvalue weighted by atomic mass is 127. The number of hydrogen-bond acceptors (Lipinski definition) is 4. The molecule has 1 fully saturated rings. The average Bonchev–Trinajstić information content (AvgIpc) is 2.74. The summed E-state index contributed by atoms with van der Waals surface area (Å²) < 4.78 is 12.0. The molecule has 1 saturated heterocycles. The second-order valence-corrected chi connectivity index (χ2v) is 8.60. The number of rotatable bonds is 9. The van der Waals surface area contributed by atoms with Crippen LogP contribution in [0.4, 0.5) is 0 Å². The number of piperazine rings is 1. The lowest BCUT2D eigenvalue weighted by molar-refractivity contribution is 0.132. The van der Waals surface area contributed by atoms with E-state index >= 15 is 0 Å². The van der Waals surface area contributed by atoms with Gasteiger partial charge in [0.15, 0.2) is 11.5 Å². The highest BCUT2D eigenvalue weighted by Gasteiger charge is 2.16. The molecule has 2 aromatic carbocycles. The molecule has 0 aromatic heterocycles. The molecular weight excluding hydrogens is 623 g/mol. The van der Waals surface area contributed by atoms with Crippen molar-refractivity contribution in [2.45, 2.75) is 19.3 Å². The summed E-state index contributed by atoms with van der Waals surface area (Å²) in [5, 5.41) is 0. The van der Waals surface area contributed by atoms with Crippen LogP contribution in [-0.2, 0) is 12.8 Å². The lowest BCUT2D eigenvalue weighted by Crippen LogP contribution is -2.47. The summed E-state index contributed by atoms with van der Waals surface area (Å²) in [6, 6.07) is 15.2. The molecule has 7 heteroatoms. The molecule has 0 N–H and O–H groups in total. The molecule has 0 unspecified atom stereocenters. The topological polar surface area (TPSA) is 24.9 Å². The summed E-state index contributed by atoms with van der Waals surface area (Å²) in [5.41, 5.74) is 2.76. The third kappa shape index (κ3) is 8.65. The maximum Gasteiger partial charge on any atom is 0.160 e. The van der Waals surface area contributed by atoms with E-state index in [4.69, 9.17) is 9.47 Å².